The number of hydrogen-bond acceptors (Lipinski definition) is 4. The van der Waals surface area contributed by atoms with E-state index in [0.717, 1.165) is 23.1 Å². The van der Waals surface area contributed by atoms with Gasteiger partial charge in [0, 0.05) is 30.8 Å². The van der Waals surface area contributed by atoms with E-state index in [-0.39, 0.29) is 17.7 Å². The summed E-state index contributed by atoms with van der Waals surface area (Å²) in [6.07, 6.45) is 1.62. The maximum absolute atomic E-state index is 12.1. The van der Waals surface area contributed by atoms with Gasteiger partial charge in [0.05, 0.1) is 23.7 Å². The van der Waals surface area contributed by atoms with Gasteiger partial charge < -0.3 is 4.74 Å². The van der Waals surface area contributed by atoms with Crippen LogP contribution in [-0.4, -0.2) is 34.1 Å². The summed E-state index contributed by atoms with van der Waals surface area (Å²) < 4.78 is 7.39. The van der Waals surface area contributed by atoms with Crippen LogP contribution in [0.4, 0.5) is 0 Å². The number of ether oxygens (including phenoxy) is 1. The topological polar surface area (TPSA) is 73.2 Å². The van der Waals surface area contributed by atoms with Crippen molar-refractivity contribution in [2.75, 3.05) is 12.5 Å². The molecule has 0 saturated carbocycles. The van der Waals surface area contributed by atoms with Crippen LogP contribution in [0.15, 0.2) is 18.2 Å². The second-order valence-corrected chi connectivity index (χ2v) is 5.96. The molecule has 0 aliphatic carbocycles. The van der Waals surface area contributed by atoms with Crippen LogP contribution in [0.1, 0.15) is 30.9 Å². The monoisotopic (exact) mass is 335 g/mol. The number of aromatic nitrogens is 2. The highest BCUT2D eigenvalue weighted by Gasteiger charge is 2.31. The number of amides is 2. The number of hydrogen-bond donors (Lipinski definition) is 1. The predicted molar refractivity (Wildman–Crippen MR) is 86.7 cm³/mol. The summed E-state index contributed by atoms with van der Waals surface area (Å²) in [5.74, 6) is 0.429. The largest absolute Gasteiger partial charge is 0.493 e. The number of carbonyl (C=O) groups is 2. The molecule has 122 valence electrons. The van der Waals surface area contributed by atoms with Crippen molar-refractivity contribution in [2.24, 2.45) is 7.05 Å². The summed E-state index contributed by atoms with van der Waals surface area (Å²) in [7, 11) is 1.83. The standard InChI is InChI=1S/C16H18ClN3O3/c1-20-13-9-10(23-8-2-7-17)3-4-11(13)15(19-20)12-5-6-14(21)18-16(12)22/h3-4,9,12H,2,5-8H2,1H3,(H,18,21,22). The molecule has 2 heterocycles. The molecule has 7 heteroatoms. The van der Waals surface area contributed by atoms with Gasteiger partial charge in [0.25, 0.3) is 0 Å². The molecule has 0 bridgehead atoms. The van der Waals surface area contributed by atoms with Gasteiger partial charge >= 0.3 is 0 Å². The Morgan fingerprint density at radius 3 is 3.00 bits per heavy atom. The Hall–Kier alpha value is -2.08. The molecule has 3 rings (SSSR count). The summed E-state index contributed by atoms with van der Waals surface area (Å²) in [4.78, 5) is 23.4. The van der Waals surface area contributed by atoms with Crippen LogP contribution in [-0.2, 0) is 16.6 Å². The lowest BCUT2D eigenvalue weighted by Crippen LogP contribution is -2.39. The van der Waals surface area contributed by atoms with Crippen molar-refractivity contribution in [3.05, 3.63) is 23.9 Å². The van der Waals surface area contributed by atoms with E-state index >= 15 is 0 Å². The lowest BCUT2D eigenvalue weighted by atomic mass is 9.93. The van der Waals surface area contributed by atoms with Crippen molar-refractivity contribution in [3.8, 4) is 5.75 Å². The molecule has 0 spiro atoms. The molecule has 1 saturated heterocycles. The Morgan fingerprint density at radius 1 is 1.43 bits per heavy atom. The second-order valence-electron chi connectivity index (χ2n) is 5.58. The smallest absolute Gasteiger partial charge is 0.235 e. The highest BCUT2D eigenvalue weighted by molar-refractivity contribution is 6.17. The van der Waals surface area contributed by atoms with Crippen molar-refractivity contribution in [1.82, 2.24) is 15.1 Å². The fourth-order valence-corrected chi connectivity index (χ4v) is 2.92. The number of nitrogens with one attached hydrogen (secondary N) is 1. The molecule has 2 aromatic rings. The molecular weight excluding hydrogens is 318 g/mol. The quantitative estimate of drug-likeness (QED) is 0.516. The Labute approximate surface area is 138 Å². The molecule has 1 N–H and O–H groups in total. The van der Waals surface area contributed by atoms with E-state index in [9.17, 15) is 9.59 Å². The molecule has 1 aliphatic heterocycles. The Morgan fingerprint density at radius 2 is 2.26 bits per heavy atom. The SMILES string of the molecule is Cn1nc(C2CCC(=O)NC2=O)c2ccc(OCCCCl)cc21. The average Bonchev–Trinajstić information content (AvgIpc) is 2.84. The molecule has 1 aromatic carbocycles. The van der Waals surface area contributed by atoms with Gasteiger partial charge in [0.1, 0.15) is 5.75 Å². The molecule has 1 unspecified atom stereocenters. The number of rotatable bonds is 5. The minimum Gasteiger partial charge on any atom is -0.493 e. The van der Waals surface area contributed by atoms with Crippen LogP contribution in [0.25, 0.3) is 10.9 Å². The molecule has 1 aliphatic rings. The number of nitrogens with zero attached hydrogens (tertiary/aromatic N) is 2. The zero-order valence-electron chi connectivity index (χ0n) is 12.8. The third-order valence-electron chi connectivity index (χ3n) is 3.97. The van der Waals surface area contributed by atoms with Crippen molar-refractivity contribution >= 4 is 34.3 Å². The molecule has 2 amide bonds. The normalized spacial score (nSPS) is 18.3. The van der Waals surface area contributed by atoms with Gasteiger partial charge in [-0.25, -0.2) is 0 Å². The molecule has 0 radical (unpaired) electrons. The van der Waals surface area contributed by atoms with E-state index < -0.39 is 0 Å². The summed E-state index contributed by atoms with van der Waals surface area (Å²) in [6, 6.07) is 5.69. The molecular formula is C16H18ClN3O3. The van der Waals surface area contributed by atoms with Crippen LogP contribution in [0.3, 0.4) is 0 Å². The van der Waals surface area contributed by atoms with Gasteiger partial charge in [0.15, 0.2) is 0 Å². The molecule has 23 heavy (non-hydrogen) atoms. The summed E-state index contributed by atoms with van der Waals surface area (Å²) in [6.45, 7) is 0.562. The molecule has 6 nitrogen and oxygen atoms in total. The fraction of sp³-hybridized carbons (Fsp3) is 0.438. The third kappa shape index (κ3) is 3.17. The van der Waals surface area contributed by atoms with Crippen molar-refractivity contribution in [3.63, 3.8) is 0 Å². The first-order valence-electron chi connectivity index (χ1n) is 7.59. The van der Waals surface area contributed by atoms with E-state index in [1.54, 1.807) is 4.68 Å². The van der Waals surface area contributed by atoms with Crippen LogP contribution >= 0.6 is 11.6 Å². The number of aryl methyl sites for hydroxylation is 1. The van der Waals surface area contributed by atoms with Crippen LogP contribution in [0.2, 0.25) is 0 Å². The van der Waals surface area contributed by atoms with Gasteiger partial charge in [-0.2, -0.15) is 5.10 Å². The van der Waals surface area contributed by atoms with Crippen molar-refractivity contribution < 1.29 is 14.3 Å². The Kier molecular flexibility index (Phi) is 4.52. The summed E-state index contributed by atoms with van der Waals surface area (Å²) >= 11 is 5.65. The number of halogens is 1. The van der Waals surface area contributed by atoms with Gasteiger partial charge in [0.2, 0.25) is 11.8 Å². The number of carbonyl (C=O) groups excluding carboxylic acids is 2. The fourth-order valence-electron chi connectivity index (χ4n) is 2.81. The zero-order valence-corrected chi connectivity index (χ0v) is 13.6. The average molecular weight is 336 g/mol. The van der Waals surface area contributed by atoms with Crippen molar-refractivity contribution in [1.29, 1.82) is 0 Å². The van der Waals surface area contributed by atoms with E-state index in [2.05, 4.69) is 10.4 Å². The van der Waals surface area contributed by atoms with Gasteiger partial charge in [-0.15, -0.1) is 11.6 Å². The first kappa shape index (κ1) is 15.8. The number of fused-ring (bicyclic) bond motifs is 1. The summed E-state index contributed by atoms with van der Waals surface area (Å²) in [5, 5.41) is 7.79. The van der Waals surface area contributed by atoms with Gasteiger partial charge in [-0.1, -0.05) is 0 Å². The van der Waals surface area contributed by atoms with E-state index in [4.69, 9.17) is 16.3 Å². The zero-order chi connectivity index (χ0) is 16.4. The van der Waals surface area contributed by atoms with E-state index in [0.29, 0.717) is 31.0 Å². The van der Waals surface area contributed by atoms with Gasteiger partial charge in [-0.3, -0.25) is 19.6 Å². The minimum atomic E-state index is -0.389. The number of alkyl halides is 1. The molecule has 1 atom stereocenters. The van der Waals surface area contributed by atoms with Crippen LogP contribution in [0, 0.1) is 0 Å². The highest BCUT2D eigenvalue weighted by Crippen LogP contribution is 2.31. The molecule has 1 aromatic heterocycles. The molecule has 1 fully saturated rings. The van der Waals surface area contributed by atoms with Gasteiger partial charge in [-0.05, 0) is 25.0 Å². The predicted octanol–water partition coefficient (Wildman–Crippen LogP) is 2.10. The number of imide groups is 1. The Bertz CT molecular complexity index is 756. The summed E-state index contributed by atoms with van der Waals surface area (Å²) in [5.41, 5.74) is 1.60. The first-order chi connectivity index (χ1) is 11.1. The van der Waals surface area contributed by atoms with Crippen molar-refractivity contribution in [2.45, 2.75) is 25.2 Å². The highest BCUT2D eigenvalue weighted by atomic mass is 35.5. The van der Waals surface area contributed by atoms with Crippen LogP contribution in [0.5, 0.6) is 5.75 Å². The number of benzene rings is 1. The lowest BCUT2D eigenvalue weighted by molar-refractivity contribution is -0.134. The minimum absolute atomic E-state index is 0.221. The lowest BCUT2D eigenvalue weighted by Gasteiger charge is -2.19. The number of piperidine rings is 1. The second kappa shape index (κ2) is 6.58. The first-order valence-corrected chi connectivity index (χ1v) is 8.12. The van der Waals surface area contributed by atoms with E-state index in [1.165, 1.54) is 0 Å². The maximum Gasteiger partial charge on any atom is 0.235 e. The third-order valence-corrected chi connectivity index (χ3v) is 4.23. The van der Waals surface area contributed by atoms with E-state index in [1.807, 2.05) is 25.2 Å². The van der Waals surface area contributed by atoms with Crippen LogP contribution < -0.4 is 10.1 Å². The Balaban J connectivity index is 1.90. The maximum atomic E-state index is 12.1.